The van der Waals surface area contributed by atoms with E-state index in [4.69, 9.17) is 9.73 Å². The summed E-state index contributed by atoms with van der Waals surface area (Å²) in [5.74, 6) is 0.947. The Morgan fingerprint density at radius 1 is 1.57 bits per heavy atom. The predicted octanol–water partition coefficient (Wildman–Crippen LogP) is 2.22. The van der Waals surface area contributed by atoms with Crippen molar-refractivity contribution in [3.8, 4) is 0 Å². The SMILES string of the molecule is CCNC(=NCC1(C)COC1)N(C)Cc1cc(Br)cn1C. The molecule has 0 bridgehead atoms. The van der Waals surface area contributed by atoms with Crippen LogP contribution in [0, 0.1) is 5.41 Å². The Bertz CT molecular complexity index is 508. The number of guanidine groups is 1. The predicted molar refractivity (Wildman–Crippen MR) is 89.5 cm³/mol. The summed E-state index contributed by atoms with van der Waals surface area (Å²) in [6.07, 6.45) is 2.07. The third-order valence-corrected chi connectivity index (χ3v) is 4.12. The van der Waals surface area contributed by atoms with Gasteiger partial charge in [0.25, 0.3) is 0 Å². The number of hydrogen-bond donors (Lipinski definition) is 1. The third-order valence-electron chi connectivity index (χ3n) is 3.68. The normalized spacial score (nSPS) is 17.5. The van der Waals surface area contributed by atoms with Crippen molar-refractivity contribution in [3.63, 3.8) is 0 Å². The zero-order valence-electron chi connectivity index (χ0n) is 13.3. The van der Waals surface area contributed by atoms with Crippen LogP contribution >= 0.6 is 15.9 Å². The number of aryl methyl sites for hydroxylation is 1. The van der Waals surface area contributed by atoms with Crippen molar-refractivity contribution in [3.05, 3.63) is 22.4 Å². The van der Waals surface area contributed by atoms with Crippen LogP contribution in [0.4, 0.5) is 0 Å². The lowest BCUT2D eigenvalue weighted by molar-refractivity contribution is -0.0946. The second-order valence-electron chi connectivity index (χ2n) is 6.09. The highest BCUT2D eigenvalue weighted by Gasteiger charge is 2.33. The van der Waals surface area contributed by atoms with Gasteiger partial charge in [0.1, 0.15) is 0 Å². The molecule has 0 spiro atoms. The van der Waals surface area contributed by atoms with Crippen LogP contribution in [0.3, 0.4) is 0 Å². The molecule has 1 fully saturated rings. The number of aromatic nitrogens is 1. The summed E-state index contributed by atoms with van der Waals surface area (Å²) in [5, 5.41) is 3.36. The first-order chi connectivity index (χ1) is 9.93. The topological polar surface area (TPSA) is 41.8 Å². The molecule has 1 N–H and O–H groups in total. The molecule has 0 unspecified atom stereocenters. The van der Waals surface area contributed by atoms with Gasteiger partial charge in [-0.3, -0.25) is 4.99 Å². The number of hydrogen-bond acceptors (Lipinski definition) is 2. The first kappa shape index (κ1) is 16.4. The number of nitrogens with zero attached hydrogens (tertiary/aromatic N) is 3. The summed E-state index contributed by atoms with van der Waals surface area (Å²) in [7, 11) is 4.13. The lowest BCUT2D eigenvalue weighted by Gasteiger charge is -2.37. The van der Waals surface area contributed by atoms with Crippen molar-refractivity contribution in [1.29, 1.82) is 0 Å². The molecule has 1 aromatic rings. The Kier molecular flexibility index (Phi) is 5.32. The molecule has 118 valence electrons. The highest BCUT2D eigenvalue weighted by Crippen LogP contribution is 2.26. The molecule has 21 heavy (non-hydrogen) atoms. The van der Waals surface area contributed by atoms with Crippen molar-refractivity contribution in [2.24, 2.45) is 17.5 Å². The fraction of sp³-hybridized carbons (Fsp3) is 0.667. The lowest BCUT2D eigenvalue weighted by atomic mass is 9.89. The van der Waals surface area contributed by atoms with E-state index in [0.29, 0.717) is 0 Å². The molecule has 1 aliphatic rings. The summed E-state index contributed by atoms with van der Waals surface area (Å²) in [4.78, 5) is 6.93. The van der Waals surface area contributed by atoms with Crippen LogP contribution in [0.15, 0.2) is 21.7 Å². The van der Waals surface area contributed by atoms with E-state index in [1.807, 2.05) is 0 Å². The van der Waals surface area contributed by atoms with Crippen LogP contribution < -0.4 is 5.32 Å². The second-order valence-corrected chi connectivity index (χ2v) is 7.01. The molecule has 0 aromatic carbocycles. The van der Waals surface area contributed by atoms with Gasteiger partial charge in [-0.1, -0.05) is 6.92 Å². The van der Waals surface area contributed by atoms with Gasteiger partial charge in [-0.2, -0.15) is 0 Å². The maximum atomic E-state index is 5.29. The molecular weight excluding hydrogens is 332 g/mol. The number of ether oxygens (including phenoxy) is 1. The average Bonchev–Trinajstić information content (AvgIpc) is 2.70. The van der Waals surface area contributed by atoms with Crippen LogP contribution in [0.1, 0.15) is 19.5 Å². The van der Waals surface area contributed by atoms with Crippen LogP contribution in [-0.4, -0.2) is 48.8 Å². The zero-order valence-corrected chi connectivity index (χ0v) is 14.9. The first-order valence-corrected chi connectivity index (χ1v) is 8.11. The molecule has 0 saturated carbocycles. The van der Waals surface area contributed by atoms with Gasteiger partial charge in [0.15, 0.2) is 5.96 Å². The summed E-state index contributed by atoms with van der Waals surface area (Å²) in [6.45, 7) is 8.42. The molecule has 2 heterocycles. The fourth-order valence-electron chi connectivity index (χ4n) is 2.32. The second kappa shape index (κ2) is 6.83. The van der Waals surface area contributed by atoms with Gasteiger partial charge >= 0.3 is 0 Å². The van der Waals surface area contributed by atoms with E-state index in [1.165, 1.54) is 5.69 Å². The molecule has 0 aliphatic carbocycles. The van der Waals surface area contributed by atoms with Gasteiger partial charge in [-0.15, -0.1) is 0 Å². The number of aliphatic imine (C=N–C) groups is 1. The van der Waals surface area contributed by atoms with Gasteiger partial charge in [0.05, 0.1) is 26.3 Å². The summed E-state index contributed by atoms with van der Waals surface area (Å²) < 4.78 is 8.53. The van der Waals surface area contributed by atoms with E-state index in [0.717, 1.165) is 43.3 Å². The minimum absolute atomic E-state index is 0.204. The van der Waals surface area contributed by atoms with Crippen molar-refractivity contribution in [2.75, 3.05) is 33.4 Å². The zero-order chi connectivity index (χ0) is 15.5. The summed E-state index contributed by atoms with van der Waals surface area (Å²) in [6, 6.07) is 2.14. The van der Waals surface area contributed by atoms with E-state index >= 15 is 0 Å². The van der Waals surface area contributed by atoms with E-state index in [1.54, 1.807) is 0 Å². The van der Waals surface area contributed by atoms with Crippen molar-refractivity contribution >= 4 is 21.9 Å². The van der Waals surface area contributed by atoms with E-state index in [2.05, 4.69) is 70.9 Å². The molecule has 0 atom stereocenters. The van der Waals surface area contributed by atoms with E-state index < -0.39 is 0 Å². The third kappa shape index (κ3) is 4.23. The quantitative estimate of drug-likeness (QED) is 0.649. The van der Waals surface area contributed by atoms with Gasteiger partial charge in [0.2, 0.25) is 0 Å². The largest absolute Gasteiger partial charge is 0.380 e. The Hall–Kier alpha value is -1.01. The van der Waals surface area contributed by atoms with E-state index in [-0.39, 0.29) is 5.41 Å². The summed E-state index contributed by atoms with van der Waals surface area (Å²) in [5.41, 5.74) is 1.45. The smallest absolute Gasteiger partial charge is 0.194 e. The monoisotopic (exact) mass is 356 g/mol. The first-order valence-electron chi connectivity index (χ1n) is 7.31. The van der Waals surface area contributed by atoms with Gasteiger partial charge in [-0.05, 0) is 28.9 Å². The maximum absolute atomic E-state index is 5.29. The van der Waals surface area contributed by atoms with Gasteiger partial charge in [0, 0.05) is 42.4 Å². The maximum Gasteiger partial charge on any atom is 0.194 e. The van der Waals surface area contributed by atoms with Crippen LogP contribution in [0.5, 0.6) is 0 Å². The highest BCUT2D eigenvalue weighted by atomic mass is 79.9. The van der Waals surface area contributed by atoms with Crippen molar-refractivity contribution in [2.45, 2.75) is 20.4 Å². The van der Waals surface area contributed by atoms with Crippen LogP contribution in [0.25, 0.3) is 0 Å². The molecule has 1 aliphatic heterocycles. The summed E-state index contributed by atoms with van der Waals surface area (Å²) >= 11 is 3.52. The molecule has 5 nitrogen and oxygen atoms in total. The lowest BCUT2D eigenvalue weighted by Crippen LogP contribution is -2.44. The van der Waals surface area contributed by atoms with Gasteiger partial charge < -0.3 is 19.5 Å². The standard InChI is InChI=1S/C15H25BrN4O/c1-5-17-14(18-9-15(2)10-21-11-15)20(4)8-13-6-12(16)7-19(13)3/h6-7H,5,8-11H2,1-4H3,(H,17,18). The van der Waals surface area contributed by atoms with Crippen molar-refractivity contribution < 1.29 is 4.74 Å². The molecule has 1 saturated heterocycles. The molecule has 0 amide bonds. The Labute approximate surface area is 135 Å². The van der Waals surface area contributed by atoms with Crippen LogP contribution in [-0.2, 0) is 18.3 Å². The van der Waals surface area contributed by atoms with E-state index in [9.17, 15) is 0 Å². The molecule has 2 rings (SSSR count). The molecule has 0 radical (unpaired) electrons. The average molecular weight is 357 g/mol. The van der Waals surface area contributed by atoms with Gasteiger partial charge in [-0.25, -0.2) is 0 Å². The number of nitrogens with one attached hydrogen (secondary N) is 1. The van der Waals surface area contributed by atoms with Crippen LogP contribution in [0.2, 0.25) is 0 Å². The van der Waals surface area contributed by atoms with Crippen molar-refractivity contribution in [1.82, 2.24) is 14.8 Å². The minimum atomic E-state index is 0.204. The molecular formula is C15H25BrN4O. The Morgan fingerprint density at radius 3 is 2.76 bits per heavy atom. The molecule has 1 aromatic heterocycles. The Balaban J connectivity index is 2.02. The minimum Gasteiger partial charge on any atom is -0.380 e. The highest BCUT2D eigenvalue weighted by molar-refractivity contribution is 9.10. The fourth-order valence-corrected chi connectivity index (χ4v) is 2.89. The number of halogens is 1. The molecule has 6 heteroatoms. The number of rotatable bonds is 5. The Morgan fingerprint density at radius 2 is 2.29 bits per heavy atom.